The molecule has 0 aliphatic rings. The van der Waals surface area contributed by atoms with E-state index in [-0.39, 0.29) is 10.8 Å². The largest absolute Gasteiger partial charge is 0.440 e. The third-order valence-corrected chi connectivity index (χ3v) is 4.98. The molecule has 1 unspecified atom stereocenters. The first-order chi connectivity index (χ1) is 12.4. The average Bonchev–Trinajstić information content (AvgIpc) is 2.53. The van der Waals surface area contributed by atoms with E-state index < -0.39 is 15.0 Å². The Hall–Kier alpha value is -1.57. The summed E-state index contributed by atoms with van der Waals surface area (Å²) in [5, 5.41) is 0.497. The predicted octanol–water partition coefficient (Wildman–Crippen LogP) is 6.99. The fourth-order valence-corrected chi connectivity index (χ4v) is 3.50. The number of carbonyl (C=O) groups excluding carboxylic acids is 1. The van der Waals surface area contributed by atoms with Crippen LogP contribution in [0.15, 0.2) is 36.4 Å². The van der Waals surface area contributed by atoms with E-state index in [4.69, 9.17) is 20.6 Å². The molecule has 2 rings (SSSR count). The van der Waals surface area contributed by atoms with Gasteiger partial charge in [0.1, 0.15) is 5.75 Å². The lowest BCUT2D eigenvalue weighted by molar-refractivity contribution is 0.0749. The van der Waals surface area contributed by atoms with Crippen LogP contribution in [0.1, 0.15) is 68.6 Å². The quantitative estimate of drug-likeness (QED) is 0.513. The van der Waals surface area contributed by atoms with Gasteiger partial charge in [0.15, 0.2) is 0 Å². The van der Waals surface area contributed by atoms with E-state index >= 15 is 0 Å². The number of aryl methyl sites for hydroxylation is 1. The molecule has 0 aromatic heterocycles. The number of hydrogen-bond donors (Lipinski definition) is 0. The lowest BCUT2D eigenvalue weighted by Crippen LogP contribution is -2.19. The summed E-state index contributed by atoms with van der Waals surface area (Å²) in [5.41, 5.74) is 3.63. The number of halogens is 1. The number of benzene rings is 2. The highest BCUT2D eigenvalue weighted by atomic mass is 35.5. The summed E-state index contributed by atoms with van der Waals surface area (Å²) < 4.78 is 11.4. The molecule has 0 fully saturated rings. The van der Waals surface area contributed by atoms with Gasteiger partial charge in [0, 0.05) is 16.1 Å². The van der Waals surface area contributed by atoms with Gasteiger partial charge in [-0.2, -0.15) is 0 Å². The highest BCUT2D eigenvalue weighted by molar-refractivity contribution is 7.27. The van der Waals surface area contributed by atoms with Crippen molar-refractivity contribution >= 4 is 26.6 Å². The normalized spacial score (nSPS) is 12.4. The van der Waals surface area contributed by atoms with Crippen LogP contribution in [0.5, 0.6) is 5.75 Å². The summed E-state index contributed by atoms with van der Waals surface area (Å²) in [4.78, 5) is 12.3. The summed E-state index contributed by atoms with van der Waals surface area (Å²) >= 11 is 5.94. The average molecular weight is 407 g/mol. The molecule has 0 radical (unpaired) electrons. The van der Waals surface area contributed by atoms with Gasteiger partial charge >= 0.3 is 5.97 Å². The predicted molar refractivity (Wildman–Crippen MR) is 114 cm³/mol. The van der Waals surface area contributed by atoms with E-state index in [1.54, 1.807) is 24.3 Å². The Balaban J connectivity index is 2.28. The molecule has 0 bridgehead atoms. The molecule has 5 heteroatoms. The van der Waals surface area contributed by atoms with E-state index in [0.29, 0.717) is 10.6 Å². The number of rotatable bonds is 4. The Labute approximate surface area is 169 Å². The second kappa shape index (κ2) is 8.20. The first-order valence-electron chi connectivity index (χ1n) is 8.94. The fraction of sp³-hybridized carbons (Fsp3) is 0.409. The maximum absolute atomic E-state index is 12.3. The first-order valence-corrected chi connectivity index (χ1v) is 10.1. The van der Waals surface area contributed by atoms with Crippen LogP contribution in [0.2, 0.25) is 5.02 Å². The molecule has 0 saturated carbocycles. The lowest BCUT2D eigenvalue weighted by atomic mass is 9.78. The molecular weight excluding hydrogens is 379 g/mol. The molecule has 1 atom stereocenters. The van der Waals surface area contributed by atoms with E-state index in [9.17, 15) is 4.79 Å². The minimum absolute atomic E-state index is 0.0944. The van der Waals surface area contributed by atoms with Gasteiger partial charge in [-0.25, -0.2) is 4.79 Å². The van der Waals surface area contributed by atoms with Crippen LogP contribution >= 0.6 is 20.6 Å². The summed E-state index contributed by atoms with van der Waals surface area (Å²) in [6.07, 6.45) is 0. The van der Waals surface area contributed by atoms with E-state index in [1.807, 2.05) is 0 Å². The minimum atomic E-state index is -0.447. The Morgan fingerprint density at radius 1 is 0.963 bits per heavy atom. The lowest BCUT2D eigenvalue weighted by Gasteiger charge is -2.30. The Morgan fingerprint density at radius 2 is 1.52 bits per heavy atom. The molecule has 0 aliphatic carbocycles. The Morgan fingerprint density at radius 3 is 2.00 bits per heavy atom. The summed E-state index contributed by atoms with van der Waals surface area (Å²) in [5.74, 6) is 0.357. The van der Waals surface area contributed by atoms with Gasteiger partial charge in [0.05, 0.1) is 5.56 Å². The molecule has 0 heterocycles. The third kappa shape index (κ3) is 5.70. The van der Waals surface area contributed by atoms with Crippen molar-refractivity contribution in [1.29, 1.82) is 0 Å². The summed E-state index contributed by atoms with van der Waals surface area (Å²) in [6.45, 7) is 15.0. The molecule has 0 saturated heterocycles. The van der Waals surface area contributed by atoms with Crippen molar-refractivity contribution in [3.8, 4) is 5.75 Å². The highest BCUT2D eigenvalue weighted by Crippen LogP contribution is 2.43. The summed E-state index contributed by atoms with van der Waals surface area (Å²) in [6, 6.07) is 11.0. The van der Waals surface area contributed by atoms with Gasteiger partial charge in [0.2, 0.25) is 0 Å². The molecule has 146 valence electrons. The van der Waals surface area contributed by atoms with E-state index in [2.05, 4.69) is 60.6 Å². The first kappa shape index (κ1) is 21.7. The highest BCUT2D eigenvalue weighted by Gasteiger charge is 2.27. The van der Waals surface area contributed by atoms with Crippen LogP contribution in [-0.2, 0) is 15.4 Å². The Bertz CT molecular complexity index is 797. The zero-order valence-corrected chi connectivity index (χ0v) is 18.8. The van der Waals surface area contributed by atoms with Gasteiger partial charge in [-0.15, -0.1) is 0 Å². The molecule has 0 spiro atoms. The van der Waals surface area contributed by atoms with Crippen molar-refractivity contribution in [1.82, 2.24) is 0 Å². The van der Waals surface area contributed by atoms with Crippen LogP contribution in [0.4, 0.5) is 0 Å². The van der Waals surface area contributed by atoms with Gasteiger partial charge in [-0.3, -0.25) is 0 Å². The monoisotopic (exact) mass is 406 g/mol. The van der Waals surface area contributed by atoms with Gasteiger partial charge in [0.25, 0.3) is 9.03 Å². The number of carbonyl (C=O) groups is 1. The maximum atomic E-state index is 12.3. The second-order valence-corrected chi connectivity index (χ2v) is 9.79. The molecular formula is C22H28ClO3P. The van der Waals surface area contributed by atoms with Crippen molar-refractivity contribution in [2.75, 3.05) is 0 Å². The molecule has 0 N–H and O–H groups in total. The van der Waals surface area contributed by atoms with Gasteiger partial charge in [-0.1, -0.05) is 76.9 Å². The van der Waals surface area contributed by atoms with Gasteiger partial charge < -0.3 is 9.05 Å². The molecule has 0 aliphatic heterocycles. The molecule has 2 aromatic rings. The second-order valence-electron chi connectivity index (χ2n) is 8.77. The van der Waals surface area contributed by atoms with E-state index in [1.165, 1.54) is 5.56 Å². The van der Waals surface area contributed by atoms with E-state index in [0.717, 1.165) is 16.9 Å². The maximum Gasteiger partial charge on any atom is 0.343 e. The van der Waals surface area contributed by atoms with Crippen LogP contribution in [0.3, 0.4) is 0 Å². The van der Waals surface area contributed by atoms with Crippen molar-refractivity contribution in [2.45, 2.75) is 59.3 Å². The van der Waals surface area contributed by atoms with Crippen LogP contribution in [0, 0.1) is 6.92 Å². The SMILES string of the molecule is Cc1cc(C(C)(C)C)c(OPOC(=O)c2cccc(Cl)c2)c(C(C)(C)C)c1. The third-order valence-electron chi connectivity index (χ3n) is 4.19. The van der Waals surface area contributed by atoms with Crippen molar-refractivity contribution in [3.05, 3.63) is 63.7 Å². The standard InChI is InChI=1S/C22H28ClO3P/c1-14-11-17(21(2,3)4)19(18(12-14)22(5,6)7)25-27-26-20(24)15-9-8-10-16(23)13-15/h8-13,27H,1-7H3. The summed E-state index contributed by atoms with van der Waals surface area (Å²) in [7, 11) is -0.433. The molecule has 2 aromatic carbocycles. The molecule has 0 amide bonds. The van der Waals surface area contributed by atoms with Crippen molar-refractivity contribution in [3.63, 3.8) is 0 Å². The van der Waals surface area contributed by atoms with Crippen LogP contribution < -0.4 is 4.52 Å². The van der Waals surface area contributed by atoms with Crippen molar-refractivity contribution < 1.29 is 13.8 Å². The molecule has 3 nitrogen and oxygen atoms in total. The van der Waals surface area contributed by atoms with Crippen molar-refractivity contribution in [2.24, 2.45) is 0 Å². The zero-order valence-electron chi connectivity index (χ0n) is 17.1. The Kier molecular flexibility index (Phi) is 6.60. The fourth-order valence-electron chi connectivity index (χ4n) is 2.77. The molecule has 27 heavy (non-hydrogen) atoms. The van der Waals surface area contributed by atoms with Crippen LogP contribution in [-0.4, -0.2) is 5.97 Å². The van der Waals surface area contributed by atoms with Crippen LogP contribution in [0.25, 0.3) is 0 Å². The topological polar surface area (TPSA) is 35.5 Å². The van der Waals surface area contributed by atoms with Gasteiger partial charge in [-0.05, 0) is 36.0 Å². The number of hydrogen-bond acceptors (Lipinski definition) is 3. The smallest absolute Gasteiger partial charge is 0.343 e. The minimum Gasteiger partial charge on any atom is -0.440 e. The zero-order chi connectivity index (χ0) is 20.4.